The Labute approximate surface area is 175 Å². The van der Waals surface area contributed by atoms with Crippen molar-refractivity contribution in [1.29, 1.82) is 0 Å². The van der Waals surface area contributed by atoms with Crippen molar-refractivity contribution in [3.8, 4) is 0 Å². The lowest BCUT2D eigenvalue weighted by Crippen LogP contribution is -2.46. The van der Waals surface area contributed by atoms with Crippen LogP contribution in [0.15, 0.2) is 28.7 Å². The Morgan fingerprint density at radius 1 is 0.929 bits per heavy atom. The van der Waals surface area contributed by atoms with Gasteiger partial charge in [-0.15, -0.1) is 0 Å². The van der Waals surface area contributed by atoms with Crippen LogP contribution in [0.25, 0.3) is 0 Å². The van der Waals surface area contributed by atoms with Crippen LogP contribution in [0.4, 0.5) is 10.5 Å². The minimum atomic E-state index is -0.174. The van der Waals surface area contributed by atoms with E-state index < -0.39 is 0 Å². The van der Waals surface area contributed by atoms with Crippen molar-refractivity contribution in [2.24, 2.45) is 0 Å². The number of rotatable bonds is 6. The van der Waals surface area contributed by atoms with Gasteiger partial charge in [-0.2, -0.15) is 0 Å². The molecule has 3 aliphatic heterocycles. The third kappa shape index (κ3) is 4.06. The molecule has 3 heterocycles. The highest BCUT2D eigenvalue weighted by Gasteiger charge is 2.45. The van der Waals surface area contributed by atoms with Crippen molar-refractivity contribution in [2.45, 2.75) is 38.1 Å². The van der Waals surface area contributed by atoms with Crippen LogP contribution in [-0.4, -0.2) is 78.5 Å². The van der Waals surface area contributed by atoms with Crippen molar-refractivity contribution >= 4 is 33.6 Å². The van der Waals surface area contributed by atoms with Crippen LogP contribution in [0.5, 0.6) is 0 Å². The fraction of sp³-hybridized carbons (Fsp3) is 0.619. The maximum Gasteiger partial charge on any atom is 0.327 e. The SMILES string of the molecule is O=C1[C@H]2CCCCN2C(=O)N1CCCCN1CCN(c2ccccc2Br)CC1. The van der Waals surface area contributed by atoms with Gasteiger partial charge in [0.15, 0.2) is 0 Å². The van der Waals surface area contributed by atoms with Gasteiger partial charge in [-0.25, -0.2) is 4.79 Å². The average molecular weight is 449 g/mol. The number of urea groups is 1. The summed E-state index contributed by atoms with van der Waals surface area (Å²) in [6, 6.07) is 8.15. The molecular formula is C21H29BrN4O2. The molecule has 28 heavy (non-hydrogen) atoms. The summed E-state index contributed by atoms with van der Waals surface area (Å²) < 4.78 is 1.15. The first kappa shape index (κ1) is 19.7. The number of imide groups is 1. The summed E-state index contributed by atoms with van der Waals surface area (Å²) in [6.07, 6.45) is 4.83. The van der Waals surface area contributed by atoms with E-state index in [-0.39, 0.29) is 18.0 Å². The van der Waals surface area contributed by atoms with Crippen LogP contribution < -0.4 is 4.90 Å². The van der Waals surface area contributed by atoms with Crippen LogP contribution in [0.2, 0.25) is 0 Å². The summed E-state index contributed by atoms with van der Waals surface area (Å²) in [4.78, 5) is 33.1. The fourth-order valence-corrected chi connectivity index (χ4v) is 5.11. The Morgan fingerprint density at radius 2 is 1.68 bits per heavy atom. The molecule has 0 unspecified atom stereocenters. The van der Waals surface area contributed by atoms with E-state index in [9.17, 15) is 9.59 Å². The zero-order valence-electron chi connectivity index (χ0n) is 16.4. The van der Waals surface area contributed by atoms with Gasteiger partial charge in [0.05, 0.1) is 5.69 Å². The van der Waals surface area contributed by atoms with E-state index in [2.05, 4.69) is 43.9 Å². The first-order valence-electron chi connectivity index (χ1n) is 10.5. The quantitative estimate of drug-likeness (QED) is 0.495. The van der Waals surface area contributed by atoms with Crippen molar-refractivity contribution in [1.82, 2.24) is 14.7 Å². The lowest BCUT2D eigenvalue weighted by molar-refractivity contribution is -0.128. The molecule has 1 aromatic carbocycles. The van der Waals surface area contributed by atoms with Crippen molar-refractivity contribution in [3.05, 3.63) is 28.7 Å². The Kier molecular flexibility index (Phi) is 6.21. The largest absolute Gasteiger partial charge is 0.368 e. The summed E-state index contributed by atoms with van der Waals surface area (Å²) in [7, 11) is 0. The second-order valence-corrected chi connectivity index (χ2v) is 8.82. The van der Waals surface area contributed by atoms with E-state index in [1.165, 1.54) is 10.6 Å². The summed E-state index contributed by atoms with van der Waals surface area (Å²) in [5.41, 5.74) is 1.27. The number of para-hydroxylation sites is 1. The highest BCUT2D eigenvalue weighted by atomic mass is 79.9. The smallest absolute Gasteiger partial charge is 0.327 e. The van der Waals surface area contributed by atoms with Crippen LogP contribution >= 0.6 is 15.9 Å². The molecule has 0 saturated carbocycles. The summed E-state index contributed by atoms with van der Waals surface area (Å²) in [5.74, 6) is 0.0340. The predicted octanol–water partition coefficient (Wildman–Crippen LogP) is 3.17. The van der Waals surface area contributed by atoms with E-state index in [4.69, 9.17) is 0 Å². The monoisotopic (exact) mass is 448 g/mol. The highest BCUT2D eigenvalue weighted by Crippen LogP contribution is 2.28. The summed E-state index contributed by atoms with van der Waals surface area (Å²) in [5, 5.41) is 0. The number of halogens is 1. The fourth-order valence-electron chi connectivity index (χ4n) is 4.58. The molecule has 3 amide bonds. The second kappa shape index (κ2) is 8.82. The third-order valence-corrected chi connectivity index (χ3v) is 6.87. The molecule has 152 valence electrons. The molecule has 6 nitrogen and oxygen atoms in total. The number of hydrogen-bond acceptors (Lipinski definition) is 4. The van der Waals surface area contributed by atoms with Gasteiger partial charge in [0.2, 0.25) is 0 Å². The van der Waals surface area contributed by atoms with E-state index >= 15 is 0 Å². The molecule has 0 bridgehead atoms. The van der Waals surface area contributed by atoms with Gasteiger partial charge in [0, 0.05) is 43.7 Å². The number of hydrogen-bond donors (Lipinski definition) is 0. The van der Waals surface area contributed by atoms with E-state index in [1.54, 1.807) is 4.90 Å². The van der Waals surface area contributed by atoms with Gasteiger partial charge in [0.25, 0.3) is 5.91 Å². The number of amides is 3. The standard InChI is InChI=1S/C21H29BrN4O2/c22-17-7-1-2-8-18(17)24-15-13-23(14-16-24)10-5-6-12-26-20(27)19-9-3-4-11-25(19)21(26)28/h1-2,7-8,19H,3-6,9-16H2/t19-/m1/s1. The molecule has 3 fully saturated rings. The highest BCUT2D eigenvalue weighted by molar-refractivity contribution is 9.10. The van der Waals surface area contributed by atoms with Crippen molar-refractivity contribution < 1.29 is 9.59 Å². The number of nitrogens with zero attached hydrogens (tertiary/aromatic N) is 4. The average Bonchev–Trinajstić information content (AvgIpc) is 2.97. The number of piperazine rings is 1. The molecule has 3 aliphatic rings. The molecule has 0 N–H and O–H groups in total. The molecule has 7 heteroatoms. The van der Waals surface area contributed by atoms with Crippen molar-refractivity contribution in [2.75, 3.05) is 50.7 Å². The van der Waals surface area contributed by atoms with Crippen LogP contribution in [0.3, 0.4) is 0 Å². The first-order chi connectivity index (χ1) is 13.6. The van der Waals surface area contributed by atoms with Crippen LogP contribution in [-0.2, 0) is 4.79 Å². The molecule has 4 rings (SSSR count). The zero-order chi connectivity index (χ0) is 19.5. The van der Waals surface area contributed by atoms with Gasteiger partial charge in [-0.1, -0.05) is 12.1 Å². The van der Waals surface area contributed by atoms with E-state index in [0.29, 0.717) is 6.54 Å². The molecule has 0 aromatic heterocycles. The summed E-state index contributed by atoms with van der Waals surface area (Å²) >= 11 is 3.64. The molecular weight excluding hydrogens is 420 g/mol. The number of benzene rings is 1. The third-order valence-electron chi connectivity index (χ3n) is 6.20. The molecule has 1 atom stereocenters. The maximum absolute atomic E-state index is 12.5. The van der Waals surface area contributed by atoms with Crippen LogP contribution in [0, 0.1) is 0 Å². The molecule has 0 aliphatic carbocycles. The van der Waals surface area contributed by atoms with Gasteiger partial charge in [-0.3, -0.25) is 14.6 Å². The van der Waals surface area contributed by atoms with Gasteiger partial charge in [-0.05, 0) is 66.7 Å². The number of unbranched alkanes of at least 4 members (excludes halogenated alkanes) is 1. The lowest BCUT2D eigenvalue weighted by Gasteiger charge is -2.36. The Morgan fingerprint density at radius 3 is 2.43 bits per heavy atom. The molecule has 0 spiro atoms. The van der Waals surface area contributed by atoms with Gasteiger partial charge < -0.3 is 9.80 Å². The number of carbonyl (C=O) groups excluding carboxylic acids is 2. The number of carbonyl (C=O) groups is 2. The zero-order valence-corrected chi connectivity index (χ0v) is 17.9. The predicted molar refractivity (Wildman–Crippen MR) is 113 cm³/mol. The van der Waals surface area contributed by atoms with Gasteiger partial charge in [0.1, 0.15) is 6.04 Å². The normalized spacial score (nSPS) is 23.5. The van der Waals surface area contributed by atoms with Crippen LogP contribution in [0.1, 0.15) is 32.1 Å². The maximum atomic E-state index is 12.5. The number of anilines is 1. The van der Waals surface area contributed by atoms with E-state index in [1.807, 2.05) is 6.07 Å². The number of fused-ring (bicyclic) bond motifs is 1. The molecule has 1 aromatic rings. The summed E-state index contributed by atoms with van der Waals surface area (Å²) in [6.45, 7) is 6.52. The minimum Gasteiger partial charge on any atom is -0.368 e. The number of piperidine rings is 1. The van der Waals surface area contributed by atoms with Crippen molar-refractivity contribution in [3.63, 3.8) is 0 Å². The lowest BCUT2D eigenvalue weighted by atomic mass is 10.0. The minimum absolute atomic E-state index is 0.0340. The van der Waals surface area contributed by atoms with E-state index in [0.717, 1.165) is 75.8 Å². The Hall–Kier alpha value is -1.60. The molecule has 3 saturated heterocycles. The van der Waals surface area contributed by atoms with Gasteiger partial charge >= 0.3 is 6.03 Å². The second-order valence-electron chi connectivity index (χ2n) is 7.96. The Bertz CT molecular complexity index is 696. The first-order valence-corrected chi connectivity index (χ1v) is 11.3. The Balaban J connectivity index is 1.18. The topological polar surface area (TPSA) is 47.1 Å². The molecule has 0 radical (unpaired) electrons.